The van der Waals surface area contributed by atoms with Crippen LogP contribution in [0, 0.1) is 17.0 Å². The largest absolute Gasteiger partial charge is 0.346 e. The summed E-state index contributed by atoms with van der Waals surface area (Å²) in [6.07, 6.45) is 4.02. The second-order valence-electron chi connectivity index (χ2n) is 5.06. The minimum absolute atomic E-state index is 0.0828. The summed E-state index contributed by atoms with van der Waals surface area (Å²) in [7, 11) is 0. The molecule has 6 nitrogen and oxygen atoms in total. The number of rotatable bonds is 7. The van der Waals surface area contributed by atoms with Gasteiger partial charge in [-0.3, -0.25) is 10.1 Å². The predicted octanol–water partition coefficient (Wildman–Crippen LogP) is 2.96. The van der Waals surface area contributed by atoms with Crippen LogP contribution in [-0.2, 0) is 6.42 Å². The third-order valence-corrected chi connectivity index (χ3v) is 3.38. The first-order valence-corrected chi connectivity index (χ1v) is 7.12. The number of nitro groups is 1. The number of unbranched alkanes of at least 4 members (excludes halogenated alkanes) is 2. The molecule has 0 unspecified atom stereocenters. The number of nitrogens with zero attached hydrogens (tertiary/aromatic N) is 2. The Morgan fingerprint density at radius 3 is 2.86 bits per heavy atom. The second-order valence-corrected chi connectivity index (χ2v) is 5.06. The van der Waals surface area contributed by atoms with Crippen molar-refractivity contribution in [2.24, 2.45) is 5.73 Å². The van der Waals surface area contributed by atoms with Gasteiger partial charge in [0.2, 0.25) is 0 Å². The highest BCUT2D eigenvalue weighted by atomic mass is 16.6. The van der Waals surface area contributed by atoms with Gasteiger partial charge < -0.3 is 10.7 Å². The summed E-state index contributed by atoms with van der Waals surface area (Å²) in [6, 6.07) is 6.57. The molecule has 0 aliphatic carbocycles. The summed E-state index contributed by atoms with van der Waals surface area (Å²) < 4.78 is 0. The van der Waals surface area contributed by atoms with Crippen LogP contribution in [0.3, 0.4) is 0 Å². The van der Waals surface area contributed by atoms with Crippen molar-refractivity contribution in [1.29, 1.82) is 0 Å². The van der Waals surface area contributed by atoms with Gasteiger partial charge in [-0.1, -0.05) is 18.6 Å². The first-order chi connectivity index (χ1) is 10.1. The highest BCUT2D eigenvalue weighted by molar-refractivity contribution is 5.64. The predicted molar refractivity (Wildman–Crippen MR) is 82.0 cm³/mol. The second kappa shape index (κ2) is 6.99. The number of H-pyrrole nitrogens is 1. The standard InChI is InChI=1S/C15H20N4O2/c1-11-15(12-6-5-7-13(10-12)19(20)21)18-14(17-11)8-3-2-4-9-16/h5-7,10H,2-4,8-9,16H2,1H3,(H,17,18). The normalized spacial score (nSPS) is 10.8. The number of non-ortho nitro benzene ring substituents is 1. The smallest absolute Gasteiger partial charge is 0.270 e. The van der Waals surface area contributed by atoms with Crippen molar-refractivity contribution in [3.05, 3.63) is 45.9 Å². The molecule has 6 heteroatoms. The molecular formula is C15H20N4O2. The zero-order valence-corrected chi connectivity index (χ0v) is 12.1. The number of hydrogen-bond acceptors (Lipinski definition) is 4. The number of imidazole rings is 1. The van der Waals surface area contributed by atoms with E-state index in [1.807, 2.05) is 13.0 Å². The fourth-order valence-corrected chi connectivity index (χ4v) is 2.30. The van der Waals surface area contributed by atoms with Crippen LogP contribution in [-0.4, -0.2) is 21.4 Å². The molecule has 0 atom stereocenters. The summed E-state index contributed by atoms with van der Waals surface area (Å²) >= 11 is 0. The lowest BCUT2D eigenvalue weighted by Crippen LogP contribution is -1.98. The maximum atomic E-state index is 10.8. The van der Waals surface area contributed by atoms with Crippen LogP contribution in [0.2, 0.25) is 0 Å². The molecule has 0 spiro atoms. The van der Waals surface area contributed by atoms with E-state index in [1.54, 1.807) is 12.1 Å². The van der Waals surface area contributed by atoms with Gasteiger partial charge in [0.1, 0.15) is 5.82 Å². The van der Waals surface area contributed by atoms with Gasteiger partial charge in [0.15, 0.2) is 0 Å². The maximum absolute atomic E-state index is 10.8. The molecule has 1 aromatic heterocycles. The van der Waals surface area contributed by atoms with Crippen LogP contribution < -0.4 is 5.73 Å². The lowest BCUT2D eigenvalue weighted by Gasteiger charge is -1.98. The van der Waals surface area contributed by atoms with Gasteiger partial charge >= 0.3 is 0 Å². The Labute approximate surface area is 123 Å². The van der Waals surface area contributed by atoms with Crippen LogP contribution in [0.4, 0.5) is 5.69 Å². The molecule has 0 radical (unpaired) electrons. The Bertz CT molecular complexity index is 622. The first kappa shape index (κ1) is 15.2. The summed E-state index contributed by atoms with van der Waals surface area (Å²) in [5.41, 5.74) is 8.04. The molecule has 0 fully saturated rings. The summed E-state index contributed by atoms with van der Waals surface area (Å²) in [6.45, 7) is 2.65. The van der Waals surface area contributed by atoms with Crippen molar-refractivity contribution in [1.82, 2.24) is 9.97 Å². The van der Waals surface area contributed by atoms with Gasteiger partial charge in [0.05, 0.1) is 10.6 Å². The number of nitrogens with two attached hydrogens (primary N) is 1. The molecule has 0 bridgehead atoms. The molecule has 0 saturated carbocycles. The first-order valence-electron chi connectivity index (χ1n) is 7.12. The summed E-state index contributed by atoms with van der Waals surface area (Å²) in [5, 5.41) is 10.8. The molecule has 112 valence electrons. The Morgan fingerprint density at radius 1 is 1.33 bits per heavy atom. The SMILES string of the molecule is Cc1[nH]c(CCCCCN)nc1-c1cccc([N+](=O)[O-])c1. The Kier molecular flexibility index (Phi) is 5.05. The van der Waals surface area contributed by atoms with Crippen LogP contribution in [0.5, 0.6) is 0 Å². The van der Waals surface area contributed by atoms with E-state index in [2.05, 4.69) is 9.97 Å². The van der Waals surface area contributed by atoms with Crippen LogP contribution >= 0.6 is 0 Å². The third kappa shape index (κ3) is 3.88. The topological polar surface area (TPSA) is 97.8 Å². The van der Waals surface area contributed by atoms with Gasteiger partial charge in [-0.25, -0.2) is 4.98 Å². The highest BCUT2D eigenvalue weighted by Crippen LogP contribution is 2.25. The van der Waals surface area contributed by atoms with Gasteiger partial charge in [0.25, 0.3) is 5.69 Å². The average Bonchev–Trinajstić information content (AvgIpc) is 2.85. The number of aromatic nitrogens is 2. The fraction of sp³-hybridized carbons (Fsp3) is 0.400. The fourth-order valence-electron chi connectivity index (χ4n) is 2.30. The third-order valence-electron chi connectivity index (χ3n) is 3.38. The molecule has 21 heavy (non-hydrogen) atoms. The molecule has 1 aromatic carbocycles. The number of hydrogen-bond donors (Lipinski definition) is 2. The van der Waals surface area contributed by atoms with Crippen molar-refractivity contribution >= 4 is 5.69 Å². The Balaban J connectivity index is 2.15. The molecule has 0 amide bonds. The van der Waals surface area contributed by atoms with Gasteiger partial charge in [0, 0.05) is 29.8 Å². The number of benzene rings is 1. The molecule has 0 saturated heterocycles. The Hall–Kier alpha value is -2.21. The Morgan fingerprint density at radius 2 is 2.14 bits per heavy atom. The summed E-state index contributed by atoms with van der Waals surface area (Å²) in [4.78, 5) is 18.3. The van der Waals surface area contributed by atoms with Crippen molar-refractivity contribution in [2.75, 3.05) is 6.54 Å². The monoisotopic (exact) mass is 288 g/mol. The molecule has 2 rings (SSSR count). The molecule has 0 aliphatic rings. The minimum atomic E-state index is -0.390. The van der Waals surface area contributed by atoms with E-state index in [0.717, 1.165) is 55.0 Å². The van der Waals surface area contributed by atoms with Crippen molar-refractivity contribution in [2.45, 2.75) is 32.6 Å². The maximum Gasteiger partial charge on any atom is 0.270 e. The number of nitro benzene ring substituents is 1. The van der Waals surface area contributed by atoms with E-state index in [9.17, 15) is 10.1 Å². The van der Waals surface area contributed by atoms with E-state index in [1.165, 1.54) is 6.07 Å². The molecule has 3 N–H and O–H groups in total. The van der Waals surface area contributed by atoms with E-state index >= 15 is 0 Å². The van der Waals surface area contributed by atoms with Crippen LogP contribution in [0.1, 0.15) is 30.8 Å². The van der Waals surface area contributed by atoms with Gasteiger partial charge in [-0.15, -0.1) is 0 Å². The van der Waals surface area contributed by atoms with E-state index in [0.29, 0.717) is 0 Å². The van der Waals surface area contributed by atoms with Gasteiger partial charge in [-0.05, 0) is 26.3 Å². The lowest BCUT2D eigenvalue weighted by atomic mass is 10.1. The molecule has 2 aromatic rings. The number of aromatic amines is 1. The van der Waals surface area contributed by atoms with Crippen molar-refractivity contribution < 1.29 is 4.92 Å². The van der Waals surface area contributed by atoms with E-state index in [4.69, 9.17) is 5.73 Å². The van der Waals surface area contributed by atoms with E-state index in [-0.39, 0.29) is 10.6 Å². The summed E-state index contributed by atoms with van der Waals surface area (Å²) in [5.74, 6) is 0.922. The lowest BCUT2D eigenvalue weighted by molar-refractivity contribution is -0.384. The van der Waals surface area contributed by atoms with Crippen molar-refractivity contribution in [3.63, 3.8) is 0 Å². The zero-order chi connectivity index (χ0) is 15.2. The van der Waals surface area contributed by atoms with Crippen molar-refractivity contribution in [3.8, 4) is 11.3 Å². The average molecular weight is 288 g/mol. The molecule has 1 heterocycles. The highest BCUT2D eigenvalue weighted by Gasteiger charge is 2.12. The van der Waals surface area contributed by atoms with Gasteiger partial charge in [-0.2, -0.15) is 0 Å². The molecule has 0 aliphatic heterocycles. The molecular weight excluding hydrogens is 268 g/mol. The van der Waals surface area contributed by atoms with E-state index < -0.39 is 0 Å². The van der Waals surface area contributed by atoms with Crippen LogP contribution in [0.15, 0.2) is 24.3 Å². The number of aryl methyl sites for hydroxylation is 2. The number of nitrogens with one attached hydrogen (secondary N) is 1. The van der Waals surface area contributed by atoms with Crippen LogP contribution in [0.25, 0.3) is 11.3 Å². The quantitative estimate of drug-likeness (QED) is 0.465. The zero-order valence-electron chi connectivity index (χ0n) is 12.1. The minimum Gasteiger partial charge on any atom is -0.346 e.